The Morgan fingerprint density at radius 3 is 2.56 bits per heavy atom. The van der Waals surface area contributed by atoms with Crippen LogP contribution in [-0.2, 0) is 21.1 Å². The van der Waals surface area contributed by atoms with Gasteiger partial charge in [-0.2, -0.15) is 0 Å². The Kier molecular flexibility index (Phi) is 4.21. The van der Waals surface area contributed by atoms with E-state index >= 15 is 0 Å². The third-order valence-electron chi connectivity index (χ3n) is 1.83. The third-order valence-corrected chi connectivity index (χ3v) is 3.17. The summed E-state index contributed by atoms with van der Waals surface area (Å²) in [6.07, 6.45) is 0.773. The fourth-order valence-electron chi connectivity index (χ4n) is 1.22. The molecule has 0 saturated heterocycles. The van der Waals surface area contributed by atoms with Gasteiger partial charge in [-0.15, -0.1) is 0 Å². The van der Waals surface area contributed by atoms with Crippen LogP contribution in [0.4, 0.5) is 4.39 Å². The second-order valence-electron chi connectivity index (χ2n) is 3.52. The molecule has 3 nitrogen and oxygen atoms in total. The predicted molar refractivity (Wildman–Crippen MR) is 62.5 cm³/mol. The van der Waals surface area contributed by atoms with Gasteiger partial charge in [0, 0.05) is 17.1 Å². The van der Waals surface area contributed by atoms with Crippen molar-refractivity contribution in [1.29, 1.82) is 0 Å². The molecule has 1 aromatic rings. The Labute approximate surface area is 102 Å². The molecule has 88 valence electrons. The van der Waals surface area contributed by atoms with Gasteiger partial charge in [0.25, 0.3) is 0 Å². The van der Waals surface area contributed by atoms with Crippen molar-refractivity contribution in [3.05, 3.63) is 34.1 Å². The lowest BCUT2D eigenvalue weighted by Gasteiger charge is -2.02. The molecule has 0 atom stereocenters. The lowest BCUT2D eigenvalue weighted by molar-refractivity contribution is -0.116. The van der Waals surface area contributed by atoms with E-state index in [1.165, 1.54) is 12.1 Å². The zero-order chi connectivity index (χ0) is 12.3. The molecule has 0 aliphatic rings. The van der Waals surface area contributed by atoms with Crippen LogP contribution in [0.5, 0.6) is 0 Å². The largest absolute Gasteiger partial charge is 0.298 e. The first-order valence-corrected chi connectivity index (χ1v) is 7.26. The summed E-state index contributed by atoms with van der Waals surface area (Å²) in [4.78, 5) is 11.3. The average Bonchev–Trinajstić information content (AvgIpc) is 2.06. The van der Waals surface area contributed by atoms with E-state index < -0.39 is 27.2 Å². The van der Waals surface area contributed by atoms with Gasteiger partial charge in [-0.1, -0.05) is 22.0 Å². The predicted octanol–water partition coefficient (Wildman–Crippen LogP) is 1.74. The van der Waals surface area contributed by atoms with E-state index in [-0.39, 0.29) is 12.0 Å². The summed E-state index contributed by atoms with van der Waals surface area (Å²) < 4.78 is 35.6. The highest BCUT2D eigenvalue weighted by Gasteiger charge is 2.13. The summed E-state index contributed by atoms with van der Waals surface area (Å²) in [5.74, 6) is -1.58. The van der Waals surface area contributed by atoms with E-state index in [2.05, 4.69) is 15.9 Å². The molecular formula is C10H10BrFO3S. The maximum atomic E-state index is 13.3. The molecule has 0 unspecified atom stereocenters. The number of sulfone groups is 1. The molecular weight excluding hydrogens is 299 g/mol. The molecule has 0 aromatic heterocycles. The minimum atomic E-state index is -3.35. The number of Topliss-reactive ketones (excluding diaryl/α,β-unsaturated/α-hetero) is 1. The van der Waals surface area contributed by atoms with Crippen LogP contribution in [0.1, 0.15) is 5.56 Å². The standard InChI is InChI=1S/C10H10BrFO3S/c1-16(14,15)6-9(13)4-7-2-3-8(11)5-10(7)12/h2-3,5H,4,6H2,1H3. The number of carbonyl (C=O) groups excluding carboxylic acids is 1. The highest BCUT2D eigenvalue weighted by atomic mass is 79.9. The zero-order valence-electron chi connectivity index (χ0n) is 8.54. The second kappa shape index (κ2) is 5.05. The van der Waals surface area contributed by atoms with Crippen LogP contribution < -0.4 is 0 Å². The SMILES string of the molecule is CS(=O)(=O)CC(=O)Cc1ccc(Br)cc1F. The second-order valence-corrected chi connectivity index (χ2v) is 6.58. The number of hydrogen-bond donors (Lipinski definition) is 0. The summed E-state index contributed by atoms with van der Waals surface area (Å²) in [5, 5.41) is 0. The Bertz CT molecular complexity index is 511. The van der Waals surface area contributed by atoms with Crippen LogP contribution in [0.25, 0.3) is 0 Å². The topological polar surface area (TPSA) is 51.2 Å². The molecule has 0 spiro atoms. The van der Waals surface area contributed by atoms with E-state index in [9.17, 15) is 17.6 Å². The Morgan fingerprint density at radius 1 is 1.44 bits per heavy atom. The van der Waals surface area contributed by atoms with Crippen LogP contribution in [-0.4, -0.2) is 26.2 Å². The normalized spacial score (nSPS) is 11.4. The zero-order valence-corrected chi connectivity index (χ0v) is 10.9. The van der Waals surface area contributed by atoms with Gasteiger partial charge in [0.1, 0.15) is 11.6 Å². The molecule has 1 aromatic carbocycles. The average molecular weight is 309 g/mol. The first-order valence-electron chi connectivity index (χ1n) is 4.41. The molecule has 0 aliphatic carbocycles. The van der Waals surface area contributed by atoms with Crippen molar-refractivity contribution in [1.82, 2.24) is 0 Å². The van der Waals surface area contributed by atoms with Crippen LogP contribution in [0, 0.1) is 5.82 Å². The molecule has 0 saturated carbocycles. The van der Waals surface area contributed by atoms with Gasteiger partial charge in [0.2, 0.25) is 0 Å². The maximum absolute atomic E-state index is 13.3. The first kappa shape index (κ1) is 13.3. The summed E-state index contributed by atoms with van der Waals surface area (Å²) in [5.41, 5.74) is 0.205. The molecule has 0 heterocycles. The van der Waals surface area contributed by atoms with Gasteiger partial charge in [-0.05, 0) is 17.7 Å². The van der Waals surface area contributed by atoms with Crippen LogP contribution >= 0.6 is 15.9 Å². The van der Waals surface area contributed by atoms with Crippen LogP contribution in [0.3, 0.4) is 0 Å². The molecule has 0 aliphatic heterocycles. The van der Waals surface area contributed by atoms with Gasteiger partial charge < -0.3 is 0 Å². The molecule has 1 rings (SSSR count). The lowest BCUT2D eigenvalue weighted by Crippen LogP contribution is -2.16. The number of ketones is 1. The summed E-state index contributed by atoms with van der Waals surface area (Å²) >= 11 is 3.09. The fraction of sp³-hybridized carbons (Fsp3) is 0.300. The molecule has 6 heteroatoms. The summed E-state index contributed by atoms with van der Waals surface area (Å²) in [7, 11) is -3.35. The Morgan fingerprint density at radius 2 is 2.06 bits per heavy atom. The van der Waals surface area contributed by atoms with Crippen molar-refractivity contribution in [2.24, 2.45) is 0 Å². The number of carbonyl (C=O) groups is 1. The minimum Gasteiger partial charge on any atom is -0.298 e. The smallest absolute Gasteiger partial charge is 0.154 e. The van der Waals surface area contributed by atoms with Gasteiger partial charge in [-0.3, -0.25) is 4.79 Å². The van der Waals surface area contributed by atoms with Crippen molar-refractivity contribution >= 4 is 31.6 Å². The molecule has 0 radical (unpaired) electrons. The van der Waals surface area contributed by atoms with Crippen molar-refractivity contribution in [3.8, 4) is 0 Å². The number of rotatable bonds is 4. The van der Waals surface area contributed by atoms with E-state index in [4.69, 9.17) is 0 Å². The van der Waals surface area contributed by atoms with Gasteiger partial charge in [-0.25, -0.2) is 12.8 Å². The van der Waals surface area contributed by atoms with Crippen LogP contribution in [0.2, 0.25) is 0 Å². The summed E-state index contributed by atoms with van der Waals surface area (Å²) in [6, 6.07) is 4.30. The van der Waals surface area contributed by atoms with Gasteiger partial charge in [0.15, 0.2) is 15.6 Å². The van der Waals surface area contributed by atoms with E-state index in [1.807, 2.05) is 0 Å². The minimum absolute atomic E-state index is 0.202. The van der Waals surface area contributed by atoms with E-state index in [0.29, 0.717) is 4.47 Å². The van der Waals surface area contributed by atoms with Crippen LogP contribution in [0.15, 0.2) is 22.7 Å². The van der Waals surface area contributed by atoms with Gasteiger partial charge in [0.05, 0.1) is 0 Å². The summed E-state index contributed by atoms with van der Waals surface area (Å²) in [6.45, 7) is 0. The molecule has 16 heavy (non-hydrogen) atoms. The van der Waals surface area contributed by atoms with Crippen molar-refractivity contribution in [3.63, 3.8) is 0 Å². The van der Waals surface area contributed by atoms with Gasteiger partial charge >= 0.3 is 0 Å². The van der Waals surface area contributed by atoms with Crippen molar-refractivity contribution < 1.29 is 17.6 Å². The maximum Gasteiger partial charge on any atom is 0.154 e. The number of halogens is 2. The van der Waals surface area contributed by atoms with Crippen molar-refractivity contribution in [2.45, 2.75) is 6.42 Å². The highest BCUT2D eigenvalue weighted by Crippen LogP contribution is 2.15. The number of hydrogen-bond acceptors (Lipinski definition) is 3. The molecule has 0 N–H and O–H groups in total. The molecule has 0 amide bonds. The van der Waals surface area contributed by atoms with Crippen molar-refractivity contribution in [2.75, 3.05) is 12.0 Å². The van der Waals surface area contributed by atoms with E-state index in [1.54, 1.807) is 6.07 Å². The first-order chi connectivity index (χ1) is 7.28. The number of benzene rings is 1. The highest BCUT2D eigenvalue weighted by molar-refractivity contribution is 9.10. The fourth-order valence-corrected chi connectivity index (χ4v) is 2.24. The van der Waals surface area contributed by atoms with E-state index in [0.717, 1.165) is 6.26 Å². The molecule has 0 bridgehead atoms. The molecule has 0 fully saturated rings. The monoisotopic (exact) mass is 308 g/mol. The Hall–Kier alpha value is -0.750. The Balaban J connectivity index is 2.78. The third kappa shape index (κ3) is 4.40. The quantitative estimate of drug-likeness (QED) is 0.851. The lowest BCUT2D eigenvalue weighted by atomic mass is 10.1.